The zero-order valence-electron chi connectivity index (χ0n) is 41.4. The molecule has 1 aliphatic rings. The van der Waals surface area contributed by atoms with Gasteiger partial charge in [-0.3, -0.25) is 32.5 Å². The minimum atomic E-state index is -5.59. The second-order valence-electron chi connectivity index (χ2n) is 18.2. The fourth-order valence-electron chi connectivity index (χ4n) is 7.61. The number of hydrogen-bond acceptors (Lipinski definition) is 18. The van der Waals surface area contributed by atoms with Crippen LogP contribution in [0.4, 0.5) is 5.82 Å². The number of allylic oxidation sites excluding steroid dienone is 2. The molecule has 4 rings (SSSR count). The standard InChI is InChI=1S/C45H72N7O17P3S/c1-4-5-6-7-8-9-10-11-12-13-14-15-16-17-18-22-33(53)32-21-19-20-23-35(32)73-27-26-47-36(54)24-25-48-43(57)40(56)45(2,3)29-66-72(63,64)69-71(61,62)65-28-34-39(68-70(58,59)60)38(55)44(67-34)52-31-51-37-41(46)49-30-50-42(37)52/h11-12,19-21,23,30-31,34,38-40,44,55-56H,4-10,13-18,22,24-29H2,1-3H3,(H,47,54)(H,48,57)(H,61,62)(H,63,64)(H2,46,49,50)(H2,58,59,60)/b12-11-/t34-,38-,39-,40+,44-/m1/s1. The zero-order chi connectivity index (χ0) is 53.7. The van der Waals surface area contributed by atoms with Crippen LogP contribution in [0.25, 0.3) is 11.2 Å². The first-order valence-electron chi connectivity index (χ1n) is 24.3. The summed E-state index contributed by atoms with van der Waals surface area (Å²) in [7, 11) is -16.4. The number of nitrogens with zero attached hydrogens (tertiary/aromatic N) is 4. The average molecular weight is 1110 g/mol. The number of phosphoric ester groups is 3. The Bertz CT molecular complexity index is 2410. The highest BCUT2D eigenvalue weighted by atomic mass is 32.2. The van der Waals surface area contributed by atoms with E-state index in [4.69, 9.17) is 19.5 Å². The molecule has 28 heteroatoms. The van der Waals surface area contributed by atoms with Gasteiger partial charge in [-0.25, -0.2) is 28.6 Å². The van der Waals surface area contributed by atoms with Crippen LogP contribution in [0.15, 0.2) is 54.0 Å². The summed E-state index contributed by atoms with van der Waals surface area (Å²) in [6, 6.07) is 7.38. The van der Waals surface area contributed by atoms with Crippen LogP contribution >= 0.6 is 35.2 Å². The largest absolute Gasteiger partial charge is 0.481 e. The van der Waals surface area contributed by atoms with Crippen molar-refractivity contribution in [1.82, 2.24) is 30.2 Å². The first kappa shape index (κ1) is 62.1. The highest BCUT2D eigenvalue weighted by Gasteiger charge is 2.50. The first-order chi connectivity index (χ1) is 34.5. The highest BCUT2D eigenvalue weighted by Crippen LogP contribution is 2.61. The number of aliphatic hydroxyl groups excluding tert-OH is 2. The second kappa shape index (κ2) is 30.3. The molecule has 3 aromatic rings. The molecule has 410 valence electrons. The van der Waals surface area contributed by atoms with E-state index in [0.717, 1.165) is 67.1 Å². The normalized spacial score (nSPS) is 19.5. The number of ether oxygens (including phenoxy) is 1. The molecule has 2 unspecified atom stereocenters. The second-order valence-corrected chi connectivity index (χ2v) is 23.5. The van der Waals surface area contributed by atoms with Crippen LogP contribution in [0.5, 0.6) is 0 Å². The van der Waals surface area contributed by atoms with Crippen molar-refractivity contribution in [2.45, 2.75) is 153 Å². The molecule has 1 fully saturated rings. The van der Waals surface area contributed by atoms with Gasteiger partial charge in [-0.05, 0) is 38.2 Å². The van der Waals surface area contributed by atoms with Crippen LogP contribution in [-0.2, 0) is 45.9 Å². The Kier molecular flexibility index (Phi) is 25.8. The number of imidazole rings is 1. The third-order valence-electron chi connectivity index (χ3n) is 11.6. The number of hydrogen-bond donors (Lipinski definition) is 9. The number of ketones is 1. The molecule has 0 bridgehead atoms. The van der Waals surface area contributed by atoms with Gasteiger partial charge in [0.2, 0.25) is 11.8 Å². The van der Waals surface area contributed by atoms with Gasteiger partial charge >= 0.3 is 23.5 Å². The number of aliphatic hydroxyl groups is 2. The molecule has 0 spiro atoms. The average Bonchev–Trinajstić information content (AvgIpc) is 3.89. The monoisotopic (exact) mass is 1110 g/mol. The Morgan fingerprint density at radius 3 is 2.21 bits per heavy atom. The number of rotatable bonds is 36. The Morgan fingerprint density at radius 2 is 1.52 bits per heavy atom. The Hall–Kier alpha value is -3.48. The maximum absolute atomic E-state index is 13.1. The number of unbranched alkanes of at least 4 members (excludes halogenated alkanes) is 11. The lowest BCUT2D eigenvalue weighted by Crippen LogP contribution is -2.46. The molecule has 24 nitrogen and oxygen atoms in total. The number of carbonyl (C=O) groups excluding carboxylic acids is 3. The Balaban J connectivity index is 1.11. The summed E-state index contributed by atoms with van der Waals surface area (Å²) in [6.07, 6.45) is 13.5. The number of nitrogens with one attached hydrogen (secondary N) is 2. The van der Waals surface area contributed by atoms with E-state index in [-0.39, 0.29) is 42.3 Å². The van der Waals surface area contributed by atoms with E-state index in [2.05, 4.69) is 53.5 Å². The van der Waals surface area contributed by atoms with Crippen LogP contribution < -0.4 is 16.4 Å². The number of nitrogens with two attached hydrogens (primary N) is 1. The van der Waals surface area contributed by atoms with Crippen molar-refractivity contribution in [1.29, 1.82) is 0 Å². The van der Waals surface area contributed by atoms with E-state index in [1.807, 2.05) is 24.3 Å². The van der Waals surface area contributed by atoms with Gasteiger partial charge in [-0.15, -0.1) is 11.8 Å². The number of nitrogen functional groups attached to an aromatic ring is 1. The van der Waals surface area contributed by atoms with Gasteiger partial charge < -0.3 is 50.9 Å². The summed E-state index contributed by atoms with van der Waals surface area (Å²) in [5.74, 6) is -0.838. The molecular weight excluding hydrogens is 1040 g/mol. The smallest absolute Gasteiger partial charge is 0.386 e. The van der Waals surface area contributed by atoms with Crippen molar-refractivity contribution in [3.8, 4) is 0 Å². The van der Waals surface area contributed by atoms with Gasteiger partial charge in [-0.1, -0.05) is 102 Å². The molecule has 1 saturated heterocycles. The molecule has 0 saturated carbocycles. The van der Waals surface area contributed by atoms with Crippen molar-refractivity contribution >= 4 is 69.8 Å². The number of benzene rings is 1. The highest BCUT2D eigenvalue weighted by molar-refractivity contribution is 7.99. The lowest BCUT2D eigenvalue weighted by Gasteiger charge is -2.30. The van der Waals surface area contributed by atoms with Crippen molar-refractivity contribution in [3.63, 3.8) is 0 Å². The zero-order valence-corrected chi connectivity index (χ0v) is 44.9. The minimum absolute atomic E-state index is 0.0321. The number of phosphoric acid groups is 3. The maximum Gasteiger partial charge on any atom is 0.481 e. The molecule has 0 aliphatic carbocycles. The Labute approximate surface area is 429 Å². The third kappa shape index (κ3) is 21.6. The van der Waals surface area contributed by atoms with Crippen molar-refractivity contribution in [3.05, 3.63) is 54.6 Å². The van der Waals surface area contributed by atoms with Crippen molar-refractivity contribution < 1.29 is 80.5 Å². The van der Waals surface area contributed by atoms with E-state index in [1.165, 1.54) is 64.1 Å². The van der Waals surface area contributed by atoms with Crippen LogP contribution in [0.1, 0.15) is 134 Å². The first-order valence-corrected chi connectivity index (χ1v) is 29.8. The van der Waals surface area contributed by atoms with E-state index >= 15 is 0 Å². The summed E-state index contributed by atoms with van der Waals surface area (Å²) in [5, 5.41) is 26.8. The van der Waals surface area contributed by atoms with Gasteiger partial charge in [0.05, 0.1) is 19.5 Å². The van der Waals surface area contributed by atoms with E-state index in [9.17, 15) is 57.9 Å². The summed E-state index contributed by atoms with van der Waals surface area (Å²) < 4.78 is 62.7. The maximum atomic E-state index is 13.1. The molecular formula is C45H72N7O17P3S. The molecule has 2 amide bonds. The number of Topliss-reactive ketones (excluding diaryl/α,β-unsaturated/α-hetero) is 1. The predicted molar refractivity (Wildman–Crippen MR) is 271 cm³/mol. The minimum Gasteiger partial charge on any atom is -0.386 e. The lowest BCUT2D eigenvalue weighted by molar-refractivity contribution is -0.137. The third-order valence-corrected chi connectivity index (χ3v) is 15.8. The molecule has 7 atom stereocenters. The summed E-state index contributed by atoms with van der Waals surface area (Å²) in [6.45, 7) is 2.85. The molecule has 3 heterocycles. The van der Waals surface area contributed by atoms with E-state index in [1.54, 1.807) is 0 Å². The quantitative estimate of drug-likeness (QED) is 0.00997. The van der Waals surface area contributed by atoms with Crippen LogP contribution in [0.3, 0.4) is 0 Å². The van der Waals surface area contributed by atoms with Gasteiger partial charge in [0.15, 0.2) is 23.5 Å². The SMILES string of the molecule is CCCCCCCC/C=C\CCCCCCCC(=O)c1ccccc1SCCNC(=O)CCNC(=O)[C@H](O)C(C)(C)COP(=O)(O)OP(=O)(O)OC[C@H]1O[C@@H](n2cnc3c(N)ncnc32)[C@H](O)[C@@H]1OP(=O)(O)O. The van der Waals surface area contributed by atoms with Crippen LogP contribution in [0, 0.1) is 5.41 Å². The number of aromatic nitrogens is 4. The fourth-order valence-corrected chi connectivity index (χ4v) is 11.4. The predicted octanol–water partition coefficient (Wildman–Crippen LogP) is 6.42. The molecule has 1 aliphatic heterocycles. The number of amides is 2. The molecule has 10 N–H and O–H groups in total. The number of thioether (sulfide) groups is 1. The number of anilines is 1. The molecule has 0 radical (unpaired) electrons. The molecule has 2 aromatic heterocycles. The Morgan fingerprint density at radius 1 is 0.877 bits per heavy atom. The molecule has 1 aromatic carbocycles. The lowest BCUT2D eigenvalue weighted by atomic mass is 9.87. The topological polar surface area (TPSA) is 364 Å². The van der Waals surface area contributed by atoms with E-state index < -0.39 is 84.6 Å². The van der Waals surface area contributed by atoms with Crippen molar-refractivity contribution in [2.24, 2.45) is 5.41 Å². The summed E-state index contributed by atoms with van der Waals surface area (Å²) in [5.41, 5.74) is 4.94. The number of fused-ring (bicyclic) bond motifs is 1. The van der Waals surface area contributed by atoms with Crippen LogP contribution in [-0.4, -0.2) is 123 Å². The summed E-state index contributed by atoms with van der Waals surface area (Å²) in [4.78, 5) is 90.6. The number of carbonyl (C=O) groups is 3. The van der Waals surface area contributed by atoms with E-state index in [0.29, 0.717) is 17.7 Å². The van der Waals surface area contributed by atoms with Crippen LogP contribution in [0.2, 0.25) is 0 Å². The fraction of sp³-hybridized carbons (Fsp3) is 0.644. The van der Waals surface area contributed by atoms with Gasteiger partial charge in [0.25, 0.3) is 0 Å². The van der Waals surface area contributed by atoms with Crippen molar-refractivity contribution in [2.75, 3.05) is 37.8 Å². The summed E-state index contributed by atoms with van der Waals surface area (Å²) >= 11 is 1.44. The van der Waals surface area contributed by atoms with Gasteiger partial charge in [0, 0.05) is 47.6 Å². The molecule has 73 heavy (non-hydrogen) atoms. The van der Waals surface area contributed by atoms with Gasteiger partial charge in [0.1, 0.15) is 36.3 Å². The van der Waals surface area contributed by atoms with Gasteiger partial charge in [-0.2, -0.15) is 4.31 Å².